The second-order valence-corrected chi connectivity index (χ2v) is 8.96. The van der Waals surface area contributed by atoms with Crippen molar-refractivity contribution in [1.82, 2.24) is 20.9 Å². The zero-order valence-electron chi connectivity index (χ0n) is 20.1. The zero-order valence-corrected chi connectivity index (χ0v) is 20.1. The molecule has 0 saturated carbocycles. The van der Waals surface area contributed by atoms with Crippen molar-refractivity contribution in [3.63, 3.8) is 0 Å². The maximum Gasteiger partial charge on any atom is 0.246 e. The van der Waals surface area contributed by atoms with Crippen molar-refractivity contribution in [2.45, 2.75) is 85.0 Å². The minimum Gasteiger partial charge on any atom is -0.347 e. The van der Waals surface area contributed by atoms with Gasteiger partial charge in [-0.3, -0.25) is 24.0 Å². The van der Waals surface area contributed by atoms with Gasteiger partial charge in [0, 0.05) is 18.5 Å². The summed E-state index contributed by atoms with van der Waals surface area (Å²) in [4.78, 5) is 63.6. The Balaban J connectivity index is 2.83. The second-order valence-electron chi connectivity index (χ2n) is 8.96. The van der Waals surface area contributed by atoms with Crippen molar-refractivity contribution in [3.8, 4) is 0 Å². The molecule has 5 N–H and O–H groups in total. The van der Waals surface area contributed by atoms with E-state index >= 15 is 0 Å². The fourth-order valence-electron chi connectivity index (χ4n) is 3.58. The van der Waals surface area contributed by atoms with Gasteiger partial charge in [-0.2, -0.15) is 0 Å². The summed E-state index contributed by atoms with van der Waals surface area (Å²) in [6, 6.07) is -3.15. The molecule has 0 bridgehead atoms. The zero-order chi connectivity index (χ0) is 24.6. The molecule has 1 saturated heterocycles. The van der Waals surface area contributed by atoms with Crippen molar-refractivity contribution >= 4 is 29.4 Å². The molecule has 5 unspecified atom stereocenters. The first kappa shape index (κ1) is 27.5. The largest absolute Gasteiger partial charge is 0.347 e. The maximum absolute atomic E-state index is 13.1. The fraction of sp³-hybridized carbons (Fsp3) is 0.773. The Kier molecular flexibility index (Phi) is 10.8. The van der Waals surface area contributed by atoms with Crippen molar-refractivity contribution in [2.24, 2.45) is 17.6 Å². The Morgan fingerprint density at radius 1 is 1.00 bits per heavy atom. The van der Waals surface area contributed by atoms with Crippen LogP contribution in [-0.2, 0) is 24.0 Å². The molecule has 0 aromatic carbocycles. The number of nitrogens with zero attached hydrogens (tertiary/aromatic N) is 1. The van der Waals surface area contributed by atoms with Crippen LogP contribution in [0.15, 0.2) is 0 Å². The lowest BCUT2D eigenvalue weighted by atomic mass is 10.0. The molecule has 0 aliphatic carbocycles. The number of Topliss-reactive ketones (excluding diaryl/α,β-unsaturated/α-hetero) is 1. The molecule has 10 heteroatoms. The highest BCUT2D eigenvalue weighted by atomic mass is 16.2. The van der Waals surface area contributed by atoms with Gasteiger partial charge in [0.1, 0.15) is 12.1 Å². The Morgan fingerprint density at radius 2 is 1.62 bits per heavy atom. The van der Waals surface area contributed by atoms with Gasteiger partial charge in [-0.15, -0.1) is 0 Å². The lowest BCUT2D eigenvalue weighted by Crippen LogP contribution is -2.61. The Morgan fingerprint density at radius 3 is 2.12 bits per heavy atom. The van der Waals surface area contributed by atoms with Crippen molar-refractivity contribution in [3.05, 3.63) is 0 Å². The van der Waals surface area contributed by atoms with Crippen molar-refractivity contribution in [1.29, 1.82) is 0 Å². The molecule has 0 aromatic rings. The summed E-state index contributed by atoms with van der Waals surface area (Å²) in [5.74, 6) is -2.25. The Labute approximate surface area is 190 Å². The number of carbonyl (C=O) groups is 5. The van der Waals surface area contributed by atoms with Crippen molar-refractivity contribution < 1.29 is 24.0 Å². The molecular formula is C22H39N5O5. The van der Waals surface area contributed by atoms with Crippen LogP contribution in [0.3, 0.4) is 0 Å². The lowest BCUT2D eigenvalue weighted by Gasteiger charge is -2.31. The molecule has 10 nitrogen and oxygen atoms in total. The summed E-state index contributed by atoms with van der Waals surface area (Å²) < 4.78 is 0. The van der Waals surface area contributed by atoms with Crippen LogP contribution in [0.5, 0.6) is 0 Å². The number of nitrogens with one attached hydrogen (secondary N) is 3. The van der Waals surface area contributed by atoms with Crippen LogP contribution in [0.2, 0.25) is 0 Å². The van der Waals surface area contributed by atoms with E-state index in [1.165, 1.54) is 11.8 Å². The SMILES string of the molecule is CCC(C)C(=O)NCC(=O)NC(C(=O)NC(C(=O)N1CCCC1C(C)=O)C(C)C)C(C)N. The highest BCUT2D eigenvalue weighted by Gasteiger charge is 2.38. The topological polar surface area (TPSA) is 151 Å². The van der Waals surface area contributed by atoms with E-state index in [0.717, 1.165) is 6.42 Å². The van der Waals surface area contributed by atoms with Gasteiger partial charge in [-0.25, -0.2) is 0 Å². The molecule has 1 aliphatic heterocycles. The predicted molar refractivity (Wildman–Crippen MR) is 120 cm³/mol. The summed E-state index contributed by atoms with van der Waals surface area (Å²) in [5, 5.41) is 7.78. The van der Waals surface area contributed by atoms with Gasteiger partial charge in [0.25, 0.3) is 0 Å². The van der Waals surface area contributed by atoms with E-state index in [9.17, 15) is 24.0 Å². The standard InChI is InChI=1S/C22H39N5O5/c1-7-13(4)20(30)24-11-17(29)25-19(14(5)23)21(31)26-18(12(2)3)22(32)27-10-8-9-16(27)15(6)28/h12-14,16,18-19H,7-11,23H2,1-6H3,(H,24,30)(H,25,29)(H,26,31). The molecule has 1 rings (SSSR count). The summed E-state index contributed by atoms with van der Waals surface area (Å²) in [7, 11) is 0. The van der Waals surface area contributed by atoms with E-state index in [2.05, 4.69) is 16.0 Å². The smallest absolute Gasteiger partial charge is 0.246 e. The number of rotatable bonds is 11. The van der Waals surface area contributed by atoms with Gasteiger partial charge in [0.05, 0.1) is 12.6 Å². The molecule has 0 aromatic heterocycles. The number of likely N-dealkylation sites (tertiary alicyclic amines) is 1. The molecular weight excluding hydrogens is 414 g/mol. The third-order valence-corrected chi connectivity index (χ3v) is 5.84. The Bertz CT molecular complexity index is 709. The first-order valence-corrected chi connectivity index (χ1v) is 11.3. The number of nitrogens with two attached hydrogens (primary N) is 1. The molecule has 1 fully saturated rings. The molecule has 0 spiro atoms. The third kappa shape index (κ3) is 7.58. The molecule has 32 heavy (non-hydrogen) atoms. The minimum absolute atomic E-state index is 0.0789. The minimum atomic E-state index is -1.08. The number of carbonyl (C=O) groups excluding carboxylic acids is 5. The maximum atomic E-state index is 13.1. The summed E-state index contributed by atoms with van der Waals surface area (Å²) >= 11 is 0. The Hall–Kier alpha value is -2.49. The van der Waals surface area contributed by atoms with E-state index in [-0.39, 0.29) is 36.0 Å². The van der Waals surface area contributed by atoms with E-state index < -0.39 is 36.0 Å². The average Bonchev–Trinajstić information content (AvgIpc) is 3.22. The van der Waals surface area contributed by atoms with Gasteiger partial charge in [0.2, 0.25) is 23.6 Å². The summed E-state index contributed by atoms with van der Waals surface area (Å²) in [6.45, 7) is 10.4. The average molecular weight is 454 g/mol. The van der Waals surface area contributed by atoms with Gasteiger partial charge < -0.3 is 26.6 Å². The molecule has 1 heterocycles. The van der Waals surface area contributed by atoms with Gasteiger partial charge in [-0.05, 0) is 39.0 Å². The van der Waals surface area contributed by atoms with E-state index in [1.807, 2.05) is 6.92 Å². The third-order valence-electron chi connectivity index (χ3n) is 5.84. The first-order valence-electron chi connectivity index (χ1n) is 11.3. The van der Waals surface area contributed by atoms with Crippen LogP contribution in [0.4, 0.5) is 0 Å². The van der Waals surface area contributed by atoms with Crippen LogP contribution < -0.4 is 21.7 Å². The van der Waals surface area contributed by atoms with Crippen molar-refractivity contribution in [2.75, 3.05) is 13.1 Å². The summed E-state index contributed by atoms with van der Waals surface area (Å²) in [6.07, 6.45) is 1.99. The van der Waals surface area contributed by atoms with Crippen LogP contribution in [-0.4, -0.2) is 71.6 Å². The van der Waals surface area contributed by atoms with Gasteiger partial charge in [-0.1, -0.05) is 27.7 Å². The number of hydrogen-bond donors (Lipinski definition) is 4. The van der Waals surface area contributed by atoms with E-state index in [0.29, 0.717) is 19.4 Å². The number of ketones is 1. The van der Waals surface area contributed by atoms with E-state index in [1.54, 1.807) is 27.7 Å². The normalized spacial score (nSPS) is 19.6. The quantitative estimate of drug-likeness (QED) is 0.337. The van der Waals surface area contributed by atoms with Gasteiger partial charge in [0.15, 0.2) is 5.78 Å². The highest BCUT2D eigenvalue weighted by Crippen LogP contribution is 2.21. The highest BCUT2D eigenvalue weighted by molar-refractivity contribution is 5.95. The van der Waals surface area contributed by atoms with Gasteiger partial charge >= 0.3 is 0 Å². The van der Waals surface area contributed by atoms with E-state index in [4.69, 9.17) is 5.73 Å². The second kappa shape index (κ2) is 12.5. The molecule has 0 radical (unpaired) electrons. The molecule has 1 aliphatic rings. The monoisotopic (exact) mass is 453 g/mol. The molecule has 5 atom stereocenters. The number of hydrogen-bond acceptors (Lipinski definition) is 6. The molecule has 4 amide bonds. The number of amides is 4. The van der Waals surface area contributed by atoms with Crippen LogP contribution in [0, 0.1) is 11.8 Å². The van der Waals surface area contributed by atoms with Crippen LogP contribution >= 0.6 is 0 Å². The lowest BCUT2D eigenvalue weighted by molar-refractivity contribution is -0.142. The van der Waals surface area contributed by atoms with Crippen LogP contribution in [0.25, 0.3) is 0 Å². The predicted octanol–water partition coefficient (Wildman–Crippen LogP) is -0.298. The first-order chi connectivity index (χ1) is 14.9. The molecule has 182 valence electrons. The summed E-state index contributed by atoms with van der Waals surface area (Å²) in [5.41, 5.74) is 5.92. The van der Waals surface area contributed by atoms with Crippen LogP contribution in [0.1, 0.15) is 60.8 Å². The fourth-order valence-corrected chi connectivity index (χ4v) is 3.58.